The molecule has 2 heterocycles. The number of aromatic nitrogens is 3. The molecule has 0 atom stereocenters. The maximum Gasteiger partial charge on any atom is 0.0851 e. The van der Waals surface area contributed by atoms with Gasteiger partial charge in [-0.05, 0) is 18.5 Å². The molecule has 0 bridgehead atoms. The third-order valence-corrected chi connectivity index (χ3v) is 2.72. The maximum atomic E-state index is 3.95. The predicted molar refractivity (Wildman–Crippen MR) is 55.7 cm³/mol. The van der Waals surface area contributed by atoms with Gasteiger partial charge in [-0.1, -0.05) is 18.2 Å². The third-order valence-electron chi connectivity index (χ3n) is 2.72. The maximum absolute atomic E-state index is 3.95. The number of aryl methyl sites for hydroxylation is 1. The highest BCUT2D eigenvalue weighted by Crippen LogP contribution is 2.18. The van der Waals surface area contributed by atoms with Gasteiger partial charge in [-0.15, -0.1) is 5.10 Å². The minimum atomic E-state index is 1.03. The summed E-state index contributed by atoms with van der Waals surface area (Å²) in [4.78, 5) is 2.43. The van der Waals surface area contributed by atoms with E-state index in [9.17, 15) is 0 Å². The Balaban J connectivity index is 2.19. The van der Waals surface area contributed by atoms with Gasteiger partial charge in [-0.3, -0.25) is 4.90 Å². The van der Waals surface area contributed by atoms with Crippen LogP contribution < -0.4 is 0 Å². The van der Waals surface area contributed by atoms with E-state index in [2.05, 4.69) is 28.2 Å². The molecular formula is C10H16N4. The number of rotatable bonds is 2. The topological polar surface area (TPSA) is 34.0 Å². The van der Waals surface area contributed by atoms with E-state index in [0.29, 0.717) is 0 Å². The molecule has 4 nitrogen and oxygen atoms in total. The number of nitrogens with zero attached hydrogens (tertiary/aromatic N) is 4. The van der Waals surface area contributed by atoms with Gasteiger partial charge in [0.1, 0.15) is 0 Å². The minimum absolute atomic E-state index is 1.03. The van der Waals surface area contributed by atoms with Gasteiger partial charge in [-0.2, -0.15) is 0 Å². The van der Waals surface area contributed by atoms with Crippen LogP contribution in [0.4, 0.5) is 0 Å². The Morgan fingerprint density at radius 3 is 3.00 bits per heavy atom. The van der Waals surface area contributed by atoms with Crippen molar-refractivity contribution in [3.8, 4) is 0 Å². The van der Waals surface area contributed by atoms with Gasteiger partial charge in [-0.25, -0.2) is 4.68 Å². The van der Waals surface area contributed by atoms with E-state index < -0.39 is 0 Å². The molecule has 1 aromatic heterocycles. The van der Waals surface area contributed by atoms with Gasteiger partial charge in [0.15, 0.2) is 0 Å². The Morgan fingerprint density at radius 2 is 2.36 bits per heavy atom. The van der Waals surface area contributed by atoms with E-state index in [1.165, 1.54) is 12.1 Å². The van der Waals surface area contributed by atoms with Crippen molar-refractivity contribution >= 4 is 5.57 Å². The molecule has 0 radical (unpaired) electrons. The van der Waals surface area contributed by atoms with Crippen LogP contribution >= 0.6 is 0 Å². The van der Waals surface area contributed by atoms with Crippen LogP contribution in [0, 0.1) is 0 Å². The largest absolute Gasteiger partial charge is 0.299 e. The van der Waals surface area contributed by atoms with Crippen molar-refractivity contribution < 1.29 is 0 Å². The van der Waals surface area contributed by atoms with Crippen molar-refractivity contribution in [2.24, 2.45) is 7.05 Å². The lowest BCUT2D eigenvalue weighted by Gasteiger charge is -2.25. The Hall–Kier alpha value is -1.16. The number of likely N-dealkylation sites (N-methyl/N-ethyl adjacent to an activating group) is 1. The number of hydrogen-bond acceptors (Lipinski definition) is 3. The second-order valence-electron chi connectivity index (χ2n) is 3.63. The zero-order chi connectivity index (χ0) is 9.97. The summed E-state index contributed by atoms with van der Waals surface area (Å²) >= 11 is 0. The van der Waals surface area contributed by atoms with Crippen LogP contribution in [0.5, 0.6) is 0 Å². The first-order chi connectivity index (χ1) is 6.81. The van der Waals surface area contributed by atoms with Crippen molar-refractivity contribution in [1.82, 2.24) is 19.9 Å². The standard InChI is InChI=1S/C10H16N4/c1-3-14-6-4-5-9(8-14)10-7-11-12-13(10)2/h5,7H,3-4,6,8H2,1-2H3. The van der Waals surface area contributed by atoms with Crippen molar-refractivity contribution in [1.29, 1.82) is 0 Å². The SMILES string of the molecule is CCN1CCC=C(c2cnnn2C)C1. The van der Waals surface area contributed by atoms with Crippen LogP contribution in [0.1, 0.15) is 19.0 Å². The average molecular weight is 192 g/mol. The Bertz CT molecular complexity index is 340. The van der Waals surface area contributed by atoms with E-state index in [1.54, 1.807) is 0 Å². The number of hydrogen-bond donors (Lipinski definition) is 0. The molecule has 1 aliphatic heterocycles. The zero-order valence-electron chi connectivity index (χ0n) is 8.77. The minimum Gasteiger partial charge on any atom is -0.299 e. The van der Waals surface area contributed by atoms with Crippen molar-refractivity contribution in [3.63, 3.8) is 0 Å². The van der Waals surface area contributed by atoms with Gasteiger partial charge < -0.3 is 0 Å². The van der Waals surface area contributed by atoms with E-state index >= 15 is 0 Å². The van der Waals surface area contributed by atoms with Crippen molar-refractivity contribution in [3.05, 3.63) is 18.0 Å². The molecule has 2 rings (SSSR count). The fraction of sp³-hybridized carbons (Fsp3) is 0.600. The summed E-state index contributed by atoms with van der Waals surface area (Å²) in [6, 6.07) is 0. The normalized spacial score (nSPS) is 18.3. The molecule has 0 aliphatic carbocycles. The van der Waals surface area contributed by atoms with Crippen LogP contribution in [0.15, 0.2) is 12.3 Å². The Kier molecular flexibility index (Phi) is 2.63. The van der Waals surface area contributed by atoms with Gasteiger partial charge >= 0.3 is 0 Å². The van der Waals surface area contributed by atoms with Crippen LogP contribution in [0.3, 0.4) is 0 Å². The highest BCUT2D eigenvalue weighted by molar-refractivity contribution is 5.64. The first-order valence-corrected chi connectivity index (χ1v) is 5.07. The highest BCUT2D eigenvalue weighted by atomic mass is 15.4. The van der Waals surface area contributed by atoms with E-state index in [-0.39, 0.29) is 0 Å². The van der Waals surface area contributed by atoms with Crippen LogP contribution in [-0.4, -0.2) is 39.5 Å². The molecule has 1 aromatic rings. The second kappa shape index (κ2) is 3.92. The molecule has 0 N–H and O–H groups in total. The van der Waals surface area contributed by atoms with Gasteiger partial charge in [0, 0.05) is 20.1 Å². The second-order valence-corrected chi connectivity index (χ2v) is 3.63. The molecule has 0 spiro atoms. The van der Waals surface area contributed by atoms with E-state index in [0.717, 1.165) is 25.2 Å². The molecule has 0 amide bonds. The summed E-state index contributed by atoms with van der Waals surface area (Å²) in [5, 5.41) is 7.85. The zero-order valence-corrected chi connectivity index (χ0v) is 8.77. The lowest BCUT2D eigenvalue weighted by atomic mass is 10.1. The summed E-state index contributed by atoms with van der Waals surface area (Å²) < 4.78 is 1.84. The highest BCUT2D eigenvalue weighted by Gasteiger charge is 2.14. The summed E-state index contributed by atoms with van der Waals surface area (Å²) in [5.74, 6) is 0. The quantitative estimate of drug-likeness (QED) is 0.699. The van der Waals surface area contributed by atoms with Crippen LogP contribution in [0.25, 0.3) is 5.57 Å². The molecule has 0 unspecified atom stereocenters. The Morgan fingerprint density at radius 1 is 1.50 bits per heavy atom. The van der Waals surface area contributed by atoms with Gasteiger partial charge in [0.05, 0.1) is 11.9 Å². The smallest absolute Gasteiger partial charge is 0.0851 e. The molecule has 0 aromatic carbocycles. The lowest BCUT2D eigenvalue weighted by molar-refractivity contribution is 0.320. The monoisotopic (exact) mass is 192 g/mol. The third kappa shape index (κ3) is 1.70. The fourth-order valence-electron chi connectivity index (χ4n) is 1.84. The van der Waals surface area contributed by atoms with E-state index in [4.69, 9.17) is 0 Å². The molecule has 4 heteroatoms. The van der Waals surface area contributed by atoms with Crippen LogP contribution in [-0.2, 0) is 7.05 Å². The molecule has 0 saturated carbocycles. The van der Waals surface area contributed by atoms with Gasteiger partial charge in [0.2, 0.25) is 0 Å². The van der Waals surface area contributed by atoms with Crippen LogP contribution in [0.2, 0.25) is 0 Å². The molecule has 0 fully saturated rings. The summed E-state index contributed by atoms with van der Waals surface area (Å²) in [5.41, 5.74) is 2.49. The summed E-state index contributed by atoms with van der Waals surface area (Å²) in [6.45, 7) is 5.51. The molecular weight excluding hydrogens is 176 g/mol. The summed E-state index contributed by atoms with van der Waals surface area (Å²) in [6.07, 6.45) is 5.27. The van der Waals surface area contributed by atoms with Gasteiger partial charge in [0.25, 0.3) is 0 Å². The van der Waals surface area contributed by atoms with E-state index in [1.807, 2.05) is 17.9 Å². The van der Waals surface area contributed by atoms with Crippen molar-refractivity contribution in [2.45, 2.75) is 13.3 Å². The molecule has 1 aliphatic rings. The first kappa shape index (κ1) is 9.40. The molecule has 14 heavy (non-hydrogen) atoms. The van der Waals surface area contributed by atoms with Crippen molar-refractivity contribution in [2.75, 3.05) is 19.6 Å². The Labute approximate surface area is 84.2 Å². The molecule has 0 saturated heterocycles. The predicted octanol–water partition coefficient (Wildman–Crippen LogP) is 0.924. The first-order valence-electron chi connectivity index (χ1n) is 5.07. The summed E-state index contributed by atoms with van der Waals surface area (Å²) in [7, 11) is 1.94. The fourth-order valence-corrected chi connectivity index (χ4v) is 1.84. The average Bonchev–Trinajstić information content (AvgIpc) is 2.65. The molecule has 76 valence electrons. The lowest BCUT2D eigenvalue weighted by Crippen LogP contribution is -2.29.